The average molecular weight is 316 g/mol. The summed E-state index contributed by atoms with van der Waals surface area (Å²) in [6, 6.07) is 0. The molecule has 0 amide bonds. The van der Waals surface area contributed by atoms with E-state index in [1.165, 1.54) is 57.8 Å². The molecule has 0 aliphatic rings. The lowest BCUT2D eigenvalue weighted by Crippen LogP contribution is -2.58. The highest BCUT2D eigenvalue weighted by Crippen LogP contribution is 2.12. The Kier molecular flexibility index (Phi) is 11.6. The zero-order chi connectivity index (χ0) is 17.0. The Labute approximate surface area is 138 Å². The number of hydrogen-bond acceptors (Lipinski definition) is 2. The lowest BCUT2D eigenvalue weighted by Gasteiger charge is -2.36. The third kappa shape index (κ3) is 10.2. The first-order chi connectivity index (χ1) is 10.3. The molecule has 4 heteroatoms. The van der Waals surface area contributed by atoms with Crippen LogP contribution in [0.2, 0.25) is 0 Å². The zero-order valence-electron chi connectivity index (χ0n) is 15.6. The average Bonchev–Trinajstić information content (AvgIpc) is 2.38. The number of rotatable bonds is 14. The molecule has 0 heterocycles. The van der Waals surface area contributed by atoms with E-state index in [0.717, 1.165) is 13.0 Å². The predicted octanol–water partition coefficient (Wildman–Crippen LogP) is 3.96. The van der Waals surface area contributed by atoms with Crippen molar-refractivity contribution >= 4 is 5.97 Å². The summed E-state index contributed by atoms with van der Waals surface area (Å²) in [6.45, 7) is 3.12. The maximum atomic E-state index is 11.4. The summed E-state index contributed by atoms with van der Waals surface area (Å²) in [6.07, 6.45) is 12.7. The van der Waals surface area contributed by atoms with Crippen LogP contribution in [0.3, 0.4) is 0 Å². The molecular weight excluding hydrogens is 276 g/mol. The molecule has 0 aromatic rings. The summed E-state index contributed by atoms with van der Waals surface area (Å²) >= 11 is 0. The van der Waals surface area contributed by atoms with E-state index in [2.05, 4.69) is 6.92 Å². The van der Waals surface area contributed by atoms with E-state index in [4.69, 9.17) is 0 Å². The molecule has 0 spiro atoms. The normalized spacial score (nSPS) is 13.5. The zero-order valence-corrected chi connectivity index (χ0v) is 15.6. The molecule has 1 unspecified atom stereocenters. The third-order valence-corrected chi connectivity index (χ3v) is 4.24. The smallest absolute Gasteiger partial charge is 0.379 e. The molecule has 132 valence electrons. The van der Waals surface area contributed by atoms with Crippen molar-refractivity contribution in [3.05, 3.63) is 0 Å². The van der Waals surface area contributed by atoms with E-state index in [1.807, 2.05) is 33.1 Å². The minimum absolute atomic E-state index is 0.434. The summed E-state index contributed by atoms with van der Waals surface area (Å²) in [4.78, 5) is 13.4. The summed E-state index contributed by atoms with van der Waals surface area (Å²) in [5.41, 5.74) is 0. The Bertz CT molecular complexity index is 287. The van der Waals surface area contributed by atoms with Crippen molar-refractivity contribution < 1.29 is 14.4 Å². The fourth-order valence-electron chi connectivity index (χ4n) is 3.08. The molecular formula is C18H39N2O2+. The molecule has 0 aliphatic carbocycles. The minimum atomic E-state index is -0.734. The third-order valence-electron chi connectivity index (χ3n) is 4.24. The van der Waals surface area contributed by atoms with Gasteiger partial charge in [0.1, 0.15) is 0 Å². The quantitative estimate of drug-likeness (QED) is 0.300. The number of carboxylic acid groups (broad SMARTS) is 1. The molecule has 0 aliphatic heterocycles. The fourth-order valence-corrected chi connectivity index (χ4v) is 3.08. The van der Waals surface area contributed by atoms with Crippen LogP contribution in [-0.4, -0.2) is 61.4 Å². The van der Waals surface area contributed by atoms with Gasteiger partial charge in [0.05, 0.1) is 21.1 Å². The van der Waals surface area contributed by atoms with Gasteiger partial charge < -0.3 is 9.59 Å². The number of aliphatic carboxylic acids is 1. The van der Waals surface area contributed by atoms with Gasteiger partial charge in [-0.05, 0) is 13.5 Å². The van der Waals surface area contributed by atoms with Gasteiger partial charge in [-0.2, -0.15) is 0 Å². The van der Waals surface area contributed by atoms with Crippen molar-refractivity contribution in [2.24, 2.45) is 0 Å². The van der Waals surface area contributed by atoms with Gasteiger partial charge in [0, 0.05) is 6.54 Å². The Morgan fingerprint density at radius 1 is 0.909 bits per heavy atom. The molecule has 0 aromatic heterocycles. The van der Waals surface area contributed by atoms with Gasteiger partial charge in [-0.15, -0.1) is 0 Å². The van der Waals surface area contributed by atoms with E-state index < -0.39 is 12.1 Å². The molecule has 0 radical (unpaired) electrons. The molecule has 0 aromatic carbocycles. The lowest BCUT2D eigenvalue weighted by atomic mass is 10.1. The predicted molar refractivity (Wildman–Crippen MR) is 93.9 cm³/mol. The number of likely N-dealkylation sites (N-methyl/N-ethyl adjacent to an activating group) is 2. The maximum absolute atomic E-state index is 11.4. The van der Waals surface area contributed by atoms with E-state index in [-0.39, 0.29) is 0 Å². The standard InChI is InChI=1S/C18H38N2O2/c1-6-7-8-9-10-11-12-13-14-15-16-19(2)17(18(21)22)20(3,4)5/h17H,6-16H2,1-5H3/p+1. The van der Waals surface area contributed by atoms with E-state index >= 15 is 0 Å². The number of quaternary nitrogens is 1. The first kappa shape index (κ1) is 21.4. The van der Waals surface area contributed by atoms with Gasteiger partial charge >= 0.3 is 5.97 Å². The number of carbonyl (C=O) groups is 1. The summed E-state index contributed by atoms with van der Waals surface area (Å²) in [5.74, 6) is -0.734. The van der Waals surface area contributed by atoms with Gasteiger partial charge in [0.25, 0.3) is 0 Å². The fraction of sp³-hybridized carbons (Fsp3) is 0.944. The molecule has 0 saturated heterocycles. The van der Waals surface area contributed by atoms with Crippen LogP contribution < -0.4 is 0 Å². The van der Waals surface area contributed by atoms with Gasteiger partial charge in [-0.1, -0.05) is 64.7 Å². The van der Waals surface area contributed by atoms with E-state index in [9.17, 15) is 9.90 Å². The Morgan fingerprint density at radius 3 is 1.68 bits per heavy atom. The molecule has 0 saturated carbocycles. The van der Waals surface area contributed by atoms with Gasteiger partial charge in [0.2, 0.25) is 6.17 Å². The van der Waals surface area contributed by atoms with Gasteiger partial charge in [-0.3, -0.25) is 0 Å². The first-order valence-electron chi connectivity index (χ1n) is 9.04. The Hall–Kier alpha value is -0.610. The lowest BCUT2D eigenvalue weighted by molar-refractivity contribution is -0.898. The molecule has 0 rings (SSSR count). The van der Waals surface area contributed by atoms with Crippen molar-refractivity contribution in [3.8, 4) is 0 Å². The minimum Gasteiger partial charge on any atom is -0.476 e. The van der Waals surface area contributed by atoms with Crippen LogP contribution in [-0.2, 0) is 4.79 Å². The van der Waals surface area contributed by atoms with Crippen LogP contribution in [0.1, 0.15) is 71.1 Å². The monoisotopic (exact) mass is 315 g/mol. The highest BCUT2D eigenvalue weighted by atomic mass is 16.4. The Balaban J connectivity index is 3.67. The Morgan fingerprint density at radius 2 is 1.32 bits per heavy atom. The van der Waals surface area contributed by atoms with Crippen LogP contribution in [0.5, 0.6) is 0 Å². The summed E-state index contributed by atoms with van der Waals surface area (Å²) in [7, 11) is 7.74. The maximum Gasteiger partial charge on any atom is 0.379 e. The molecule has 0 fully saturated rings. The highest BCUT2D eigenvalue weighted by Gasteiger charge is 2.34. The number of carboxylic acids is 1. The molecule has 1 atom stereocenters. The largest absolute Gasteiger partial charge is 0.476 e. The van der Waals surface area contributed by atoms with Crippen LogP contribution in [0, 0.1) is 0 Å². The van der Waals surface area contributed by atoms with Gasteiger partial charge in [-0.25, -0.2) is 9.69 Å². The second-order valence-electron chi connectivity index (χ2n) is 7.49. The van der Waals surface area contributed by atoms with Crippen molar-refractivity contribution in [2.45, 2.75) is 77.3 Å². The number of unbranched alkanes of at least 4 members (excludes halogenated alkanes) is 9. The van der Waals surface area contributed by atoms with Crippen LogP contribution in [0.25, 0.3) is 0 Å². The van der Waals surface area contributed by atoms with E-state index in [1.54, 1.807) is 0 Å². The number of hydrogen-bond donors (Lipinski definition) is 1. The van der Waals surface area contributed by atoms with Crippen molar-refractivity contribution in [2.75, 3.05) is 34.7 Å². The SMILES string of the molecule is CCCCCCCCCCCCN(C)C(C(=O)O)[N+](C)(C)C. The first-order valence-corrected chi connectivity index (χ1v) is 9.04. The van der Waals surface area contributed by atoms with Crippen LogP contribution in [0.15, 0.2) is 0 Å². The second-order valence-corrected chi connectivity index (χ2v) is 7.49. The molecule has 22 heavy (non-hydrogen) atoms. The van der Waals surface area contributed by atoms with Gasteiger partial charge in [0.15, 0.2) is 0 Å². The summed E-state index contributed by atoms with van der Waals surface area (Å²) in [5, 5.41) is 9.38. The topological polar surface area (TPSA) is 40.5 Å². The molecule has 1 N–H and O–H groups in total. The highest BCUT2D eigenvalue weighted by molar-refractivity contribution is 5.71. The summed E-state index contributed by atoms with van der Waals surface area (Å²) < 4.78 is 0.434. The van der Waals surface area contributed by atoms with Crippen LogP contribution in [0.4, 0.5) is 0 Å². The van der Waals surface area contributed by atoms with Crippen molar-refractivity contribution in [3.63, 3.8) is 0 Å². The molecule has 0 bridgehead atoms. The van der Waals surface area contributed by atoms with Crippen molar-refractivity contribution in [1.82, 2.24) is 4.90 Å². The van der Waals surface area contributed by atoms with E-state index in [0.29, 0.717) is 4.48 Å². The van der Waals surface area contributed by atoms with Crippen molar-refractivity contribution in [1.29, 1.82) is 0 Å². The van der Waals surface area contributed by atoms with Crippen LogP contribution >= 0.6 is 0 Å². The number of nitrogens with zero attached hydrogens (tertiary/aromatic N) is 2. The second kappa shape index (κ2) is 11.9. The molecule has 4 nitrogen and oxygen atoms in total.